The van der Waals surface area contributed by atoms with E-state index in [2.05, 4.69) is 5.10 Å². The first-order valence-electron chi connectivity index (χ1n) is 8.65. The van der Waals surface area contributed by atoms with E-state index in [1.54, 1.807) is 29.1 Å². The number of rotatable bonds is 5. The Morgan fingerprint density at radius 2 is 1.64 bits per heavy atom. The van der Waals surface area contributed by atoms with Gasteiger partial charge in [0.2, 0.25) is 0 Å². The minimum Gasteiger partial charge on any atom is -0.507 e. The minimum atomic E-state index is -0.0604. The van der Waals surface area contributed by atoms with Crippen LogP contribution in [-0.4, -0.2) is 20.0 Å². The first kappa shape index (κ1) is 17.9. The molecule has 0 amide bonds. The Morgan fingerprint density at radius 1 is 0.893 bits per heavy atom. The number of nitrogens with zero attached hydrogens (tertiary/aromatic N) is 2. The van der Waals surface area contributed by atoms with Gasteiger partial charge in [-0.25, -0.2) is 4.68 Å². The molecule has 3 aromatic carbocycles. The average Bonchev–Trinajstić information content (AvgIpc) is 3.18. The number of benzene rings is 3. The van der Waals surface area contributed by atoms with Crippen molar-refractivity contribution in [3.05, 3.63) is 89.6 Å². The third-order valence-electron chi connectivity index (χ3n) is 4.33. The van der Waals surface area contributed by atoms with E-state index in [0.29, 0.717) is 33.3 Å². The molecule has 1 heterocycles. The zero-order valence-corrected chi connectivity index (χ0v) is 15.5. The van der Waals surface area contributed by atoms with Crippen LogP contribution in [0.15, 0.2) is 79.0 Å². The molecule has 4 rings (SSSR count). The molecule has 4 aromatic rings. The van der Waals surface area contributed by atoms with Crippen molar-refractivity contribution in [2.24, 2.45) is 0 Å². The van der Waals surface area contributed by atoms with Crippen LogP contribution in [0.3, 0.4) is 0 Å². The molecule has 0 fully saturated rings. The van der Waals surface area contributed by atoms with Crippen molar-refractivity contribution in [1.29, 1.82) is 0 Å². The lowest BCUT2D eigenvalue weighted by Gasteiger charge is -2.14. The Morgan fingerprint density at radius 3 is 2.43 bits per heavy atom. The van der Waals surface area contributed by atoms with E-state index < -0.39 is 0 Å². The first-order valence-corrected chi connectivity index (χ1v) is 9.03. The van der Waals surface area contributed by atoms with Crippen LogP contribution in [0, 0.1) is 0 Å². The smallest absolute Gasteiger partial charge is 0.128 e. The van der Waals surface area contributed by atoms with E-state index in [0.717, 1.165) is 0 Å². The number of ether oxygens (including phenoxy) is 1. The molecule has 6 heteroatoms. The van der Waals surface area contributed by atoms with Crippen LogP contribution in [0.1, 0.15) is 5.56 Å². The van der Waals surface area contributed by atoms with E-state index in [1.165, 1.54) is 6.07 Å². The molecule has 5 nitrogen and oxygen atoms in total. The lowest BCUT2D eigenvalue weighted by Crippen LogP contribution is -2.01. The molecule has 0 spiro atoms. The van der Waals surface area contributed by atoms with Gasteiger partial charge in [-0.3, -0.25) is 0 Å². The third-order valence-corrected chi connectivity index (χ3v) is 4.65. The number of hydrogen-bond donors (Lipinski definition) is 2. The summed E-state index contributed by atoms with van der Waals surface area (Å²) in [5.41, 5.74) is 2.40. The third kappa shape index (κ3) is 3.52. The fraction of sp³-hybridized carbons (Fsp3) is 0.0455. The lowest BCUT2D eigenvalue weighted by atomic mass is 10.1. The summed E-state index contributed by atoms with van der Waals surface area (Å²) in [7, 11) is 0. The second-order valence-electron chi connectivity index (χ2n) is 6.18. The highest BCUT2D eigenvalue weighted by atomic mass is 35.5. The molecule has 0 aliphatic carbocycles. The molecule has 2 N–H and O–H groups in total. The van der Waals surface area contributed by atoms with E-state index in [4.69, 9.17) is 16.3 Å². The minimum absolute atomic E-state index is 0.0408. The predicted molar refractivity (Wildman–Crippen MR) is 108 cm³/mol. The first-order chi connectivity index (χ1) is 13.6. The van der Waals surface area contributed by atoms with Crippen molar-refractivity contribution in [3.8, 4) is 34.2 Å². The van der Waals surface area contributed by atoms with Crippen LogP contribution < -0.4 is 4.74 Å². The Hall–Kier alpha value is -3.44. The maximum atomic E-state index is 10.4. The van der Waals surface area contributed by atoms with Crippen LogP contribution in [0.4, 0.5) is 0 Å². The number of para-hydroxylation sites is 2. The molecule has 0 bridgehead atoms. The molecule has 0 unspecified atom stereocenters. The monoisotopic (exact) mass is 392 g/mol. The highest BCUT2D eigenvalue weighted by molar-refractivity contribution is 6.32. The quantitative estimate of drug-likeness (QED) is 0.491. The average molecular weight is 393 g/mol. The van der Waals surface area contributed by atoms with Gasteiger partial charge in [0.1, 0.15) is 23.9 Å². The molecular formula is C22H17ClN2O3. The van der Waals surface area contributed by atoms with Gasteiger partial charge in [-0.05, 0) is 36.4 Å². The fourth-order valence-electron chi connectivity index (χ4n) is 2.94. The summed E-state index contributed by atoms with van der Waals surface area (Å²) in [6, 6.07) is 21.4. The van der Waals surface area contributed by atoms with Crippen LogP contribution in [0.2, 0.25) is 5.02 Å². The van der Waals surface area contributed by atoms with Crippen molar-refractivity contribution >= 4 is 11.6 Å². The second-order valence-corrected chi connectivity index (χ2v) is 6.59. The summed E-state index contributed by atoms with van der Waals surface area (Å²) in [6.07, 6.45) is 1.63. The molecule has 1 aromatic heterocycles. The van der Waals surface area contributed by atoms with Gasteiger partial charge in [0, 0.05) is 17.2 Å². The van der Waals surface area contributed by atoms with Crippen molar-refractivity contribution < 1.29 is 14.9 Å². The molecule has 0 saturated carbocycles. The Labute approximate surface area is 167 Å². The summed E-state index contributed by atoms with van der Waals surface area (Å²) in [6.45, 7) is 0.156. The van der Waals surface area contributed by atoms with Gasteiger partial charge in [0.05, 0.1) is 22.6 Å². The van der Waals surface area contributed by atoms with Gasteiger partial charge in [-0.1, -0.05) is 41.9 Å². The molecule has 0 radical (unpaired) electrons. The normalized spacial score (nSPS) is 10.8. The zero-order chi connectivity index (χ0) is 19.5. The summed E-state index contributed by atoms with van der Waals surface area (Å²) in [4.78, 5) is 0. The molecule has 0 atom stereocenters. The van der Waals surface area contributed by atoms with Gasteiger partial charge >= 0.3 is 0 Å². The van der Waals surface area contributed by atoms with Gasteiger partial charge in [-0.2, -0.15) is 5.10 Å². The highest BCUT2D eigenvalue weighted by Gasteiger charge is 2.16. The van der Waals surface area contributed by atoms with Crippen molar-refractivity contribution in [1.82, 2.24) is 9.78 Å². The molecule has 28 heavy (non-hydrogen) atoms. The lowest BCUT2D eigenvalue weighted by molar-refractivity contribution is 0.299. The molecule has 0 aliphatic heterocycles. The summed E-state index contributed by atoms with van der Waals surface area (Å²) in [5.74, 6) is 0.591. The maximum absolute atomic E-state index is 10.4. The number of halogens is 1. The standard InChI is InChI=1S/C22H17ClN2O3/c23-18-8-4-5-9-20(18)25-19(10-11-24-25)17-12-15(21(26)13-22(17)27)14-28-16-6-2-1-3-7-16/h1-13,26-27H,14H2. The SMILES string of the molecule is Oc1cc(O)c(-c2ccnn2-c2ccccc2Cl)cc1COc1ccccc1. The number of hydrogen-bond acceptors (Lipinski definition) is 4. The number of phenols is 2. The van der Waals surface area contributed by atoms with E-state index in [9.17, 15) is 10.2 Å². The van der Waals surface area contributed by atoms with Crippen LogP contribution >= 0.6 is 11.6 Å². The van der Waals surface area contributed by atoms with E-state index >= 15 is 0 Å². The van der Waals surface area contributed by atoms with Crippen LogP contribution in [0.25, 0.3) is 16.9 Å². The Kier molecular flexibility index (Phi) is 4.91. The van der Waals surface area contributed by atoms with Gasteiger partial charge in [0.25, 0.3) is 0 Å². The van der Waals surface area contributed by atoms with Crippen molar-refractivity contribution in [2.75, 3.05) is 0 Å². The van der Waals surface area contributed by atoms with E-state index in [1.807, 2.05) is 48.5 Å². The molecular weight excluding hydrogens is 376 g/mol. The van der Waals surface area contributed by atoms with Crippen LogP contribution in [-0.2, 0) is 6.61 Å². The second kappa shape index (κ2) is 7.66. The van der Waals surface area contributed by atoms with Gasteiger partial charge in [-0.15, -0.1) is 0 Å². The topological polar surface area (TPSA) is 67.5 Å². The molecule has 0 saturated heterocycles. The summed E-state index contributed by atoms with van der Waals surface area (Å²) >= 11 is 6.31. The van der Waals surface area contributed by atoms with E-state index in [-0.39, 0.29) is 18.1 Å². The van der Waals surface area contributed by atoms with Crippen molar-refractivity contribution in [3.63, 3.8) is 0 Å². The number of aromatic hydroxyl groups is 2. The largest absolute Gasteiger partial charge is 0.507 e. The van der Waals surface area contributed by atoms with Gasteiger partial charge in [0.15, 0.2) is 0 Å². The fourth-order valence-corrected chi connectivity index (χ4v) is 3.16. The summed E-state index contributed by atoms with van der Waals surface area (Å²) in [5, 5.41) is 25.6. The van der Waals surface area contributed by atoms with Gasteiger partial charge < -0.3 is 14.9 Å². The Balaban J connectivity index is 1.71. The molecule has 0 aliphatic rings. The number of phenolic OH excluding ortho intramolecular Hbond substituents is 2. The number of aromatic nitrogens is 2. The van der Waals surface area contributed by atoms with Crippen molar-refractivity contribution in [2.45, 2.75) is 6.61 Å². The summed E-state index contributed by atoms with van der Waals surface area (Å²) < 4.78 is 7.38. The molecule has 140 valence electrons. The Bertz CT molecular complexity index is 1110. The maximum Gasteiger partial charge on any atom is 0.128 e. The predicted octanol–water partition coefficient (Wildman–Crippen LogP) is 5.18. The zero-order valence-electron chi connectivity index (χ0n) is 14.8. The van der Waals surface area contributed by atoms with Crippen LogP contribution in [0.5, 0.6) is 17.2 Å². The highest BCUT2D eigenvalue weighted by Crippen LogP contribution is 2.37.